The Morgan fingerprint density at radius 1 is 1.30 bits per heavy atom. The van der Waals surface area contributed by atoms with Gasteiger partial charge in [-0.3, -0.25) is 4.79 Å². The molecule has 0 saturated carbocycles. The Morgan fingerprint density at radius 2 is 1.95 bits per heavy atom. The summed E-state index contributed by atoms with van der Waals surface area (Å²) in [6.07, 6.45) is 0. The quantitative estimate of drug-likeness (QED) is 0.848. The van der Waals surface area contributed by atoms with E-state index in [0.717, 1.165) is 21.3 Å². The molecule has 0 spiro atoms. The average molecular weight is 342 g/mol. The number of benzene rings is 1. The van der Waals surface area contributed by atoms with Crippen LogP contribution in [-0.4, -0.2) is 19.1 Å². The van der Waals surface area contributed by atoms with E-state index in [9.17, 15) is 4.79 Å². The van der Waals surface area contributed by atoms with Crippen LogP contribution < -0.4 is 10.1 Å². The van der Waals surface area contributed by atoms with Crippen molar-refractivity contribution in [2.24, 2.45) is 5.92 Å². The lowest BCUT2D eigenvalue weighted by molar-refractivity contribution is -0.123. The van der Waals surface area contributed by atoms with Crippen LogP contribution in [0.15, 0.2) is 16.6 Å². The number of hydrogen-bond donors (Lipinski definition) is 1. The summed E-state index contributed by atoms with van der Waals surface area (Å²) in [5.74, 6) is 1.51. The summed E-state index contributed by atoms with van der Waals surface area (Å²) >= 11 is 3.53. The lowest BCUT2D eigenvalue weighted by Gasteiger charge is -2.16. The van der Waals surface area contributed by atoms with Gasteiger partial charge in [0, 0.05) is 11.0 Å². The minimum absolute atomic E-state index is 0.0630. The van der Waals surface area contributed by atoms with E-state index in [1.807, 2.05) is 13.0 Å². The van der Waals surface area contributed by atoms with Gasteiger partial charge in [0.05, 0.1) is 0 Å². The summed E-state index contributed by atoms with van der Waals surface area (Å²) < 4.78 is 6.76. The zero-order valence-corrected chi connectivity index (χ0v) is 14.5. The molecule has 1 aromatic carbocycles. The van der Waals surface area contributed by atoms with E-state index in [2.05, 4.69) is 55.0 Å². The molecule has 0 heterocycles. The van der Waals surface area contributed by atoms with Crippen LogP contribution in [0.5, 0.6) is 5.75 Å². The van der Waals surface area contributed by atoms with Gasteiger partial charge in [0.15, 0.2) is 6.61 Å². The molecule has 0 atom stereocenters. The van der Waals surface area contributed by atoms with E-state index in [0.29, 0.717) is 18.4 Å². The maximum atomic E-state index is 11.7. The SMILES string of the molecule is Cc1cc(OCC(=O)NCC(C)C)c(C(C)C)cc1Br. The zero-order valence-electron chi connectivity index (χ0n) is 12.9. The molecule has 112 valence electrons. The molecule has 4 heteroatoms. The molecule has 0 aliphatic heterocycles. The van der Waals surface area contributed by atoms with E-state index in [1.165, 1.54) is 0 Å². The lowest BCUT2D eigenvalue weighted by Crippen LogP contribution is -2.31. The third-order valence-electron chi connectivity index (χ3n) is 2.98. The molecule has 20 heavy (non-hydrogen) atoms. The van der Waals surface area contributed by atoms with Crippen LogP contribution in [0.25, 0.3) is 0 Å². The highest BCUT2D eigenvalue weighted by Crippen LogP contribution is 2.32. The second-order valence-electron chi connectivity index (χ2n) is 5.78. The van der Waals surface area contributed by atoms with Crippen molar-refractivity contribution in [1.29, 1.82) is 0 Å². The van der Waals surface area contributed by atoms with Gasteiger partial charge in [-0.2, -0.15) is 0 Å². The van der Waals surface area contributed by atoms with E-state index in [-0.39, 0.29) is 12.5 Å². The average Bonchev–Trinajstić information content (AvgIpc) is 2.36. The summed E-state index contributed by atoms with van der Waals surface area (Å²) in [4.78, 5) is 11.7. The minimum Gasteiger partial charge on any atom is -0.483 e. The maximum absolute atomic E-state index is 11.7. The van der Waals surface area contributed by atoms with Crippen molar-refractivity contribution in [1.82, 2.24) is 5.32 Å². The van der Waals surface area contributed by atoms with Crippen LogP contribution in [0.4, 0.5) is 0 Å². The van der Waals surface area contributed by atoms with Crippen molar-refractivity contribution in [2.45, 2.75) is 40.5 Å². The molecular weight excluding hydrogens is 318 g/mol. The largest absolute Gasteiger partial charge is 0.483 e. The fourth-order valence-electron chi connectivity index (χ4n) is 1.76. The Labute approximate surface area is 130 Å². The molecule has 3 nitrogen and oxygen atoms in total. The molecule has 1 N–H and O–H groups in total. The third-order valence-corrected chi connectivity index (χ3v) is 3.83. The first-order valence-electron chi connectivity index (χ1n) is 7.00. The summed E-state index contributed by atoms with van der Waals surface area (Å²) in [7, 11) is 0. The Hall–Kier alpha value is -1.03. The molecule has 1 rings (SSSR count). The van der Waals surface area contributed by atoms with E-state index >= 15 is 0 Å². The second-order valence-corrected chi connectivity index (χ2v) is 6.63. The molecule has 0 bridgehead atoms. The highest BCUT2D eigenvalue weighted by Gasteiger charge is 2.12. The first-order valence-corrected chi connectivity index (χ1v) is 7.80. The molecular formula is C16H24BrNO2. The van der Waals surface area contributed by atoms with Gasteiger partial charge in [0.1, 0.15) is 5.75 Å². The molecule has 0 fully saturated rings. The molecule has 1 amide bonds. The fraction of sp³-hybridized carbons (Fsp3) is 0.562. The molecule has 0 aromatic heterocycles. The predicted molar refractivity (Wildman–Crippen MR) is 86.3 cm³/mol. The van der Waals surface area contributed by atoms with Gasteiger partial charge in [0.25, 0.3) is 5.91 Å². The van der Waals surface area contributed by atoms with E-state index in [4.69, 9.17) is 4.74 Å². The second kappa shape index (κ2) is 7.67. The summed E-state index contributed by atoms with van der Waals surface area (Å²) in [5.41, 5.74) is 2.21. The van der Waals surface area contributed by atoms with Crippen molar-refractivity contribution in [3.05, 3.63) is 27.7 Å². The lowest BCUT2D eigenvalue weighted by atomic mass is 10.0. The number of carbonyl (C=O) groups excluding carboxylic acids is 1. The van der Waals surface area contributed by atoms with Crippen molar-refractivity contribution >= 4 is 21.8 Å². The van der Waals surface area contributed by atoms with Gasteiger partial charge in [-0.15, -0.1) is 0 Å². The fourth-order valence-corrected chi connectivity index (χ4v) is 2.12. The molecule has 0 unspecified atom stereocenters. The predicted octanol–water partition coefficient (Wildman–Crippen LogP) is 4.03. The van der Waals surface area contributed by atoms with Gasteiger partial charge < -0.3 is 10.1 Å². The van der Waals surface area contributed by atoms with Crippen molar-refractivity contribution in [3.63, 3.8) is 0 Å². The number of rotatable bonds is 6. The van der Waals surface area contributed by atoms with Crippen molar-refractivity contribution in [3.8, 4) is 5.75 Å². The van der Waals surface area contributed by atoms with Crippen molar-refractivity contribution < 1.29 is 9.53 Å². The van der Waals surface area contributed by atoms with Crippen LogP contribution in [0.1, 0.15) is 44.7 Å². The van der Waals surface area contributed by atoms with Crippen LogP contribution in [0.3, 0.4) is 0 Å². The number of ether oxygens (including phenoxy) is 1. The number of hydrogen-bond acceptors (Lipinski definition) is 2. The Bertz CT molecular complexity index is 470. The third kappa shape index (κ3) is 5.16. The van der Waals surface area contributed by atoms with Gasteiger partial charge in [-0.05, 0) is 42.0 Å². The van der Waals surface area contributed by atoms with Crippen LogP contribution in [0, 0.1) is 12.8 Å². The first-order chi connectivity index (χ1) is 9.31. The molecule has 0 saturated heterocycles. The first kappa shape index (κ1) is 17.0. The minimum atomic E-state index is -0.0750. The van der Waals surface area contributed by atoms with Gasteiger partial charge in [0.2, 0.25) is 0 Å². The highest BCUT2D eigenvalue weighted by molar-refractivity contribution is 9.10. The topological polar surface area (TPSA) is 38.3 Å². The Kier molecular flexibility index (Phi) is 6.53. The van der Waals surface area contributed by atoms with E-state index in [1.54, 1.807) is 0 Å². The summed E-state index contributed by atoms with van der Waals surface area (Å²) in [6, 6.07) is 4.05. The summed E-state index contributed by atoms with van der Waals surface area (Å²) in [5, 5.41) is 2.85. The van der Waals surface area contributed by atoms with Crippen LogP contribution in [0.2, 0.25) is 0 Å². The van der Waals surface area contributed by atoms with Crippen LogP contribution in [-0.2, 0) is 4.79 Å². The monoisotopic (exact) mass is 341 g/mol. The van der Waals surface area contributed by atoms with Gasteiger partial charge >= 0.3 is 0 Å². The molecule has 1 aromatic rings. The molecule has 0 radical (unpaired) electrons. The Morgan fingerprint density at radius 3 is 2.50 bits per heavy atom. The normalized spacial score (nSPS) is 11.0. The number of aryl methyl sites for hydroxylation is 1. The smallest absolute Gasteiger partial charge is 0.257 e. The Balaban J connectivity index is 2.72. The number of amides is 1. The zero-order chi connectivity index (χ0) is 15.3. The maximum Gasteiger partial charge on any atom is 0.257 e. The molecule has 0 aliphatic carbocycles. The standard InChI is InChI=1S/C16H24BrNO2/c1-10(2)8-18-16(19)9-20-15-6-12(5)14(17)7-13(15)11(3)4/h6-7,10-11H,8-9H2,1-5H3,(H,18,19). The van der Waals surface area contributed by atoms with Crippen molar-refractivity contribution in [2.75, 3.05) is 13.2 Å². The summed E-state index contributed by atoms with van der Waals surface area (Å²) in [6.45, 7) is 11.1. The number of nitrogens with one attached hydrogen (secondary N) is 1. The number of carbonyl (C=O) groups is 1. The van der Waals surface area contributed by atoms with Gasteiger partial charge in [-0.1, -0.05) is 43.6 Å². The van der Waals surface area contributed by atoms with Gasteiger partial charge in [-0.25, -0.2) is 0 Å². The number of halogens is 1. The van der Waals surface area contributed by atoms with Crippen LogP contribution >= 0.6 is 15.9 Å². The van der Waals surface area contributed by atoms with E-state index < -0.39 is 0 Å². The molecule has 0 aliphatic rings. The highest BCUT2D eigenvalue weighted by atomic mass is 79.9.